The molecule has 3 heterocycles. The number of ketones is 1. The number of carbonyl (C=O) groups is 1. The van der Waals surface area contributed by atoms with E-state index in [1.54, 1.807) is 18.7 Å². The van der Waals surface area contributed by atoms with Crippen LogP contribution in [-0.4, -0.2) is 29.5 Å². The van der Waals surface area contributed by atoms with E-state index >= 15 is 0 Å². The van der Waals surface area contributed by atoms with E-state index in [9.17, 15) is 14.4 Å². The van der Waals surface area contributed by atoms with Crippen LogP contribution in [0.15, 0.2) is 22.1 Å². The zero-order valence-corrected chi connectivity index (χ0v) is 13.0. The first-order chi connectivity index (χ1) is 10.4. The van der Waals surface area contributed by atoms with Gasteiger partial charge < -0.3 is 4.57 Å². The van der Waals surface area contributed by atoms with Gasteiger partial charge in [-0.2, -0.15) is 0 Å². The molecule has 3 aromatic rings. The summed E-state index contributed by atoms with van der Waals surface area (Å²) >= 11 is 1.18. The van der Waals surface area contributed by atoms with Crippen LogP contribution in [0.3, 0.4) is 0 Å². The predicted octanol–water partition coefficient (Wildman–Crippen LogP) is 0.141. The number of hydrogen-bond acceptors (Lipinski definition) is 6. The molecule has 0 spiro atoms. The van der Waals surface area contributed by atoms with Crippen LogP contribution in [-0.2, 0) is 20.6 Å². The van der Waals surface area contributed by atoms with E-state index in [1.165, 1.54) is 35.4 Å². The Morgan fingerprint density at radius 1 is 1.27 bits per heavy atom. The van der Waals surface area contributed by atoms with Gasteiger partial charge in [-0.1, -0.05) is 0 Å². The number of Topliss-reactive ketones (excluding diaryl/α,β-unsaturated/α-hetero) is 1. The SMILES string of the molecule is CC(=O)c1ncc(Cn2c(=O)c3c(ncn3C)n(C)c2=O)s1. The number of carbonyl (C=O) groups excluding carboxylic acids is 1. The molecule has 0 saturated carbocycles. The van der Waals surface area contributed by atoms with Crippen molar-refractivity contribution in [2.75, 3.05) is 0 Å². The third-order valence-electron chi connectivity index (χ3n) is 3.37. The van der Waals surface area contributed by atoms with Crippen LogP contribution in [0.25, 0.3) is 11.2 Å². The molecule has 0 bridgehead atoms. The summed E-state index contributed by atoms with van der Waals surface area (Å²) in [6.07, 6.45) is 3.01. The molecule has 9 heteroatoms. The van der Waals surface area contributed by atoms with E-state index in [0.29, 0.717) is 21.0 Å². The normalized spacial score (nSPS) is 11.2. The maximum atomic E-state index is 12.5. The van der Waals surface area contributed by atoms with Gasteiger partial charge in [-0.3, -0.25) is 18.7 Å². The highest BCUT2D eigenvalue weighted by Gasteiger charge is 2.16. The maximum absolute atomic E-state index is 12.5. The van der Waals surface area contributed by atoms with Crippen LogP contribution in [0.2, 0.25) is 0 Å². The lowest BCUT2D eigenvalue weighted by Gasteiger charge is -2.07. The van der Waals surface area contributed by atoms with Gasteiger partial charge in [-0.15, -0.1) is 11.3 Å². The number of hydrogen-bond donors (Lipinski definition) is 0. The van der Waals surface area contributed by atoms with Crippen molar-refractivity contribution in [3.63, 3.8) is 0 Å². The van der Waals surface area contributed by atoms with E-state index in [0.717, 1.165) is 4.57 Å². The molecule has 114 valence electrons. The van der Waals surface area contributed by atoms with Gasteiger partial charge in [-0.25, -0.2) is 14.8 Å². The van der Waals surface area contributed by atoms with Crippen molar-refractivity contribution in [3.8, 4) is 0 Å². The zero-order valence-electron chi connectivity index (χ0n) is 12.2. The Morgan fingerprint density at radius 2 is 2.00 bits per heavy atom. The van der Waals surface area contributed by atoms with E-state index in [1.807, 2.05) is 0 Å². The standard InChI is InChI=1S/C13H13N5O3S/c1-7(19)11-14-4-8(22-11)5-18-12(20)9-10(15-6-16(9)2)17(3)13(18)21/h4,6H,5H2,1-3H3. The fraction of sp³-hybridized carbons (Fsp3) is 0.308. The number of fused-ring (bicyclic) bond motifs is 1. The first-order valence-corrected chi connectivity index (χ1v) is 7.28. The first-order valence-electron chi connectivity index (χ1n) is 6.46. The minimum absolute atomic E-state index is 0.0809. The summed E-state index contributed by atoms with van der Waals surface area (Å²) in [6, 6.07) is 0. The lowest BCUT2D eigenvalue weighted by molar-refractivity contribution is 0.101. The van der Waals surface area contributed by atoms with Gasteiger partial charge in [0.05, 0.1) is 12.9 Å². The predicted molar refractivity (Wildman–Crippen MR) is 81.4 cm³/mol. The summed E-state index contributed by atoms with van der Waals surface area (Å²) in [7, 11) is 3.27. The number of thiazole rings is 1. The summed E-state index contributed by atoms with van der Waals surface area (Å²) in [4.78, 5) is 44.9. The molecule has 3 aromatic heterocycles. The molecule has 8 nitrogen and oxygen atoms in total. The lowest BCUT2D eigenvalue weighted by Crippen LogP contribution is -2.39. The number of nitrogens with zero attached hydrogens (tertiary/aromatic N) is 5. The second kappa shape index (κ2) is 5.02. The van der Waals surface area contributed by atoms with Gasteiger partial charge in [0, 0.05) is 32.1 Å². The van der Waals surface area contributed by atoms with Crippen LogP contribution >= 0.6 is 11.3 Å². The Bertz CT molecular complexity index is 1010. The lowest BCUT2D eigenvalue weighted by atomic mass is 10.4. The highest BCUT2D eigenvalue weighted by atomic mass is 32.1. The average Bonchev–Trinajstić information content (AvgIpc) is 3.08. The minimum Gasteiger partial charge on any atom is -0.328 e. The summed E-state index contributed by atoms with van der Waals surface area (Å²) in [5, 5.41) is 0.362. The summed E-state index contributed by atoms with van der Waals surface area (Å²) in [5.74, 6) is -0.140. The molecule has 0 aliphatic carbocycles. The van der Waals surface area contributed by atoms with E-state index < -0.39 is 11.2 Å². The zero-order chi connectivity index (χ0) is 16.0. The molecular weight excluding hydrogens is 306 g/mol. The maximum Gasteiger partial charge on any atom is 0.332 e. The molecule has 0 radical (unpaired) electrons. The number of aromatic nitrogens is 5. The fourth-order valence-corrected chi connectivity index (χ4v) is 3.03. The van der Waals surface area contributed by atoms with Crippen molar-refractivity contribution in [1.82, 2.24) is 23.7 Å². The van der Waals surface area contributed by atoms with Crippen molar-refractivity contribution < 1.29 is 4.79 Å². The van der Waals surface area contributed by atoms with Crippen LogP contribution in [0.5, 0.6) is 0 Å². The van der Waals surface area contributed by atoms with Gasteiger partial charge >= 0.3 is 5.69 Å². The van der Waals surface area contributed by atoms with E-state index in [-0.39, 0.29) is 12.3 Å². The van der Waals surface area contributed by atoms with Gasteiger partial charge in [0.2, 0.25) is 0 Å². The number of aryl methyl sites for hydroxylation is 2. The largest absolute Gasteiger partial charge is 0.332 e. The minimum atomic E-state index is -0.450. The third kappa shape index (κ3) is 2.10. The topological polar surface area (TPSA) is 91.8 Å². The highest BCUT2D eigenvalue weighted by Crippen LogP contribution is 2.14. The monoisotopic (exact) mass is 319 g/mol. The second-order valence-electron chi connectivity index (χ2n) is 4.95. The summed E-state index contributed by atoms with van der Waals surface area (Å²) in [5.41, 5.74) is -0.147. The average molecular weight is 319 g/mol. The molecule has 0 N–H and O–H groups in total. The van der Waals surface area contributed by atoms with E-state index in [4.69, 9.17) is 0 Å². The first kappa shape index (κ1) is 14.4. The molecule has 0 amide bonds. The van der Waals surface area contributed by atoms with Crippen molar-refractivity contribution in [2.24, 2.45) is 14.1 Å². The summed E-state index contributed by atoms with van der Waals surface area (Å²) in [6.45, 7) is 1.51. The van der Waals surface area contributed by atoms with Crippen LogP contribution in [0.1, 0.15) is 21.6 Å². The molecule has 22 heavy (non-hydrogen) atoms. The fourth-order valence-electron chi connectivity index (χ4n) is 2.23. The van der Waals surface area contributed by atoms with E-state index in [2.05, 4.69) is 9.97 Å². The Labute approximate surface area is 128 Å². The molecule has 0 atom stereocenters. The molecule has 0 aromatic carbocycles. The second-order valence-corrected chi connectivity index (χ2v) is 6.06. The molecule has 0 aliphatic heterocycles. The van der Waals surface area contributed by atoms with Crippen LogP contribution in [0, 0.1) is 0 Å². The van der Waals surface area contributed by atoms with Gasteiger partial charge in [-0.05, 0) is 0 Å². The van der Waals surface area contributed by atoms with Crippen molar-refractivity contribution in [2.45, 2.75) is 13.5 Å². The molecule has 0 saturated heterocycles. The quantitative estimate of drug-likeness (QED) is 0.640. The molecular formula is C13H13N5O3S. The van der Waals surface area contributed by atoms with Crippen LogP contribution < -0.4 is 11.2 Å². The Balaban J connectivity index is 2.18. The molecule has 0 aliphatic rings. The smallest absolute Gasteiger partial charge is 0.328 e. The molecule has 0 fully saturated rings. The molecule has 3 rings (SSSR count). The Morgan fingerprint density at radius 3 is 2.64 bits per heavy atom. The van der Waals surface area contributed by atoms with Crippen molar-refractivity contribution in [3.05, 3.63) is 43.2 Å². The van der Waals surface area contributed by atoms with Crippen LogP contribution in [0.4, 0.5) is 0 Å². The van der Waals surface area contributed by atoms with Gasteiger partial charge in [0.15, 0.2) is 22.0 Å². The number of imidazole rings is 1. The van der Waals surface area contributed by atoms with Crippen molar-refractivity contribution in [1.29, 1.82) is 0 Å². The molecule has 0 unspecified atom stereocenters. The van der Waals surface area contributed by atoms with Gasteiger partial charge in [0.1, 0.15) is 0 Å². The number of rotatable bonds is 3. The summed E-state index contributed by atoms with van der Waals surface area (Å²) < 4.78 is 4.05. The third-order valence-corrected chi connectivity index (χ3v) is 4.45. The Kier molecular flexibility index (Phi) is 3.28. The highest BCUT2D eigenvalue weighted by molar-refractivity contribution is 7.13. The van der Waals surface area contributed by atoms with Gasteiger partial charge in [0.25, 0.3) is 5.56 Å². The Hall–Kier alpha value is -2.55. The van der Waals surface area contributed by atoms with Crippen molar-refractivity contribution >= 4 is 28.3 Å².